The first kappa shape index (κ1) is 38.4. The molecule has 0 spiro atoms. The fourth-order valence-corrected chi connectivity index (χ4v) is 4.20. The molecule has 0 radical (unpaired) electrons. The average Bonchev–Trinajstić information content (AvgIpc) is 3.06. The Kier molecular flexibility index (Phi) is 23.4. The van der Waals surface area contributed by atoms with Gasteiger partial charge in [0.1, 0.15) is 24.8 Å². The Hall–Kier alpha value is -2.82. The molecule has 8 nitrogen and oxygen atoms in total. The van der Waals surface area contributed by atoms with Crippen LogP contribution in [0.3, 0.4) is 0 Å². The first-order valence-corrected chi connectivity index (χ1v) is 16.4. The number of hydrogen-bond acceptors (Lipinski definition) is 8. The van der Waals surface area contributed by atoms with Gasteiger partial charge in [-0.05, 0) is 67.4 Å². The highest BCUT2D eigenvalue weighted by atomic mass is 19.1. The maximum atomic E-state index is 13.1. The van der Waals surface area contributed by atoms with Crippen LogP contribution < -0.4 is 4.74 Å². The highest BCUT2D eigenvalue weighted by Gasteiger charge is 2.09. The van der Waals surface area contributed by atoms with E-state index in [9.17, 15) is 9.18 Å². The lowest BCUT2D eigenvalue weighted by atomic mass is 10.0. The summed E-state index contributed by atoms with van der Waals surface area (Å²) in [4.78, 5) is 12.4. The third-order valence-corrected chi connectivity index (χ3v) is 6.72. The molecular weight excluding hydrogens is 579 g/mol. The van der Waals surface area contributed by atoms with Gasteiger partial charge in [-0.15, -0.1) is 0 Å². The van der Waals surface area contributed by atoms with Gasteiger partial charge in [-0.25, -0.2) is 4.39 Å². The second-order valence-electron chi connectivity index (χ2n) is 10.4. The van der Waals surface area contributed by atoms with E-state index in [0.717, 1.165) is 6.42 Å². The van der Waals surface area contributed by atoms with Crippen LogP contribution in [0.15, 0.2) is 60.9 Å². The minimum Gasteiger partial charge on any atom is -0.499 e. The number of ketones is 1. The summed E-state index contributed by atoms with van der Waals surface area (Å²) in [6.45, 7) is 8.12. The van der Waals surface area contributed by atoms with Crippen LogP contribution in [0.1, 0.15) is 74.2 Å². The summed E-state index contributed by atoms with van der Waals surface area (Å²) >= 11 is 0. The number of rotatable bonds is 30. The molecule has 0 fully saturated rings. The van der Waals surface area contributed by atoms with Crippen molar-refractivity contribution >= 4 is 5.78 Å². The minimum atomic E-state index is -0.373. The molecule has 252 valence electrons. The normalized spacial score (nSPS) is 11.3. The van der Waals surface area contributed by atoms with Gasteiger partial charge < -0.3 is 33.2 Å². The van der Waals surface area contributed by atoms with E-state index in [-0.39, 0.29) is 11.6 Å². The quantitative estimate of drug-likeness (QED) is 0.0509. The lowest BCUT2D eigenvalue weighted by molar-refractivity contribution is -0.0150. The van der Waals surface area contributed by atoms with Crippen molar-refractivity contribution in [1.29, 1.82) is 0 Å². The van der Waals surface area contributed by atoms with Crippen molar-refractivity contribution in [3.63, 3.8) is 0 Å². The van der Waals surface area contributed by atoms with E-state index in [4.69, 9.17) is 33.2 Å². The zero-order valence-electron chi connectivity index (χ0n) is 27.1. The number of halogens is 1. The zero-order chi connectivity index (χ0) is 32.0. The van der Waals surface area contributed by atoms with Gasteiger partial charge in [0.05, 0.1) is 72.3 Å². The number of allylic oxidation sites excluding steroid dienone is 1. The highest BCUT2D eigenvalue weighted by Crippen LogP contribution is 2.16. The molecule has 0 aliphatic carbocycles. The smallest absolute Gasteiger partial charge is 0.193 e. The molecule has 0 bridgehead atoms. The summed E-state index contributed by atoms with van der Waals surface area (Å²) in [7, 11) is 0. The summed E-state index contributed by atoms with van der Waals surface area (Å²) in [5.74, 6) is 0.0995. The van der Waals surface area contributed by atoms with Crippen molar-refractivity contribution < 1.29 is 42.3 Å². The van der Waals surface area contributed by atoms with Gasteiger partial charge in [-0.2, -0.15) is 0 Å². The number of carbonyl (C=O) groups excluding carboxylic acids is 1. The van der Waals surface area contributed by atoms with E-state index in [1.807, 2.05) is 0 Å². The molecule has 0 amide bonds. The van der Waals surface area contributed by atoms with Gasteiger partial charge in [0.15, 0.2) is 5.78 Å². The third-order valence-electron chi connectivity index (χ3n) is 6.72. The molecule has 0 aliphatic rings. The van der Waals surface area contributed by atoms with E-state index < -0.39 is 0 Å². The number of carbonyl (C=O) groups is 1. The second-order valence-corrected chi connectivity index (χ2v) is 10.4. The number of unbranched alkanes of at least 4 members (excludes halogenated alkanes) is 7. The van der Waals surface area contributed by atoms with Crippen LogP contribution in [-0.4, -0.2) is 85.1 Å². The largest absolute Gasteiger partial charge is 0.499 e. The topological polar surface area (TPSA) is 81.7 Å². The summed E-state index contributed by atoms with van der Waals surface area (Å²) in [5.41, 5.74) is 0.950. The standard InChI is InChI=1S/C36H53FO8/c1-2-3-4-5-6-7-8-9-10-19-39-20-21-40-22-23-41-24-25-42-26-27-43-28-29-44-30-31-45-35-17-13-33(14-18-35)36(38)32-11-15-34(37)16-12-32/h10-19H,2-9,20-31H2,1H3/b19-10+. The van der Waals surface area contributed by atoms with Crippen molar-refractivity contribution in [1.82, 2.24) is 0 Å². The van der Waals surface area contributed by atoms with Crippen molar-refractivity contribution in [3.05, 3.63) is 77.8 Å². The van der Waals surface area contributed by atoms with Crippen LogP contribution in [0, 0.1) is 5.82 Å². The Labute approximate surface area is 269 Å². The van der Waals surface area contributed by atoms with Crippen LogP contribution in [0.4, 0.5) is 4.39 Å². The summed E-state index contributed by atoms with van der Waals surface area (Å²) in [5, 5.41) is 0. The molecule has 45 heavy (non-hydrogen) atoms. The van der Waals surface area contributed by atoms with Gasteiger partial charge in [0, 0.05) is 11.1 Å². The van der Waals surface area contributed by atoms with E-state index in [2.05, 4.69) is 13.0 Å². The Morgan fingerprint density at radius 2 is 1.02 bits per heavy atom. The van der Waals surface area contributed by atoms with Crippen LogP contribution >= 0.6 is 0 Å². The fraction of sp³-hybridized carbons (Fsp3) is 0.583. The third kappa shape index (κ3) is 20.8. The summed E-state index contributed by atoms with van der Waals surface area (Å²) in [6.07, 6.45) is 14.2. The molecule has 2 aromatic rings. The maximum Gasteiger partial charge on any atom is 0.193 e. The molecule has 0 atom stereocenters. The van der Waals surface area contributed by atoms with Gasteiger partial charge in [-0.3, -0.25) is 4.79 Å². The highest BCUT2D eigenvalue weighted by molar-refractivity contribution is 6.08. The number of hydrogen-bond donors (Lipinski definition) is 0. The van der Waals surface area contributed by atoms with E-state index in [1.165, 1.54) is 69.2 Å². The average molecular weight is 633 g/mol. The molecule has 0 N–H and O–H groups in total. The Morgan fingerprint density at radius 3 is 1.56 bits per heavy atom. The van der Waals surface area contributed by atoms with Gasteiger partial charge in [-0.1, -0.05) is 45.4 Å². The molecule has 2 aromatic carbocycles. The summed E-state index contributed by atoms with van der Waals surface area (Å²) in [6, 6.07) is 12.3. The molecule has 9 heteroatoms. The molecule has 0 saturated heterocycles. The molecular formula is C36H53FO8. The van der Waals surface area contributed by atoms with Crippen LogP contribution in [-0.2, 0) is 28.4 Å². The number of benzene rings is 2. The second kappa shape index (κ2) is 27.5. The van der Waals surface area contributed by atoms with Gasteiger partial charge in [0.2, 0.25) is 0 Å². The Bertz CT molecular complexity index is 997. The van der Waals surface area contributed by atoms with E-state index >= 15 is 0 Å². The lowest BCUT2D eigenvalue weighted by Gasteiger charge is -2.09. The summed E-state index contributed by atoms with van der Waals surface area (Å²) < 4.78 is 51.6. The monoisotopic (exact) mass is 632 g/mol. The first-order chi connectivity index (χ1) is 22.2. The Morgan fingerprint density at radius 1 is 0.578 bits per heavy atom. The zero-order valence-corrected chi connectivity index (χ0v) is 27.1. The lowest BCUT2D eigenvalue weighted by Crippen LogP contribution is -2.14. The van der Waals surface area contributed by atoms with E-state index in [0.29, 0.717) is 96.2 Å². The maximum absolute atomic E-state index is 13.1. The minimum absolute atomic E-state index is 0.168. The predicted molar refractivity (Wildman–Crippen MR) is 174 cm³/mol. The van der Waals surface area contributed by atoms with Gasteiger partial charge >= 0.3 is 0 Å². The van der Waals surface area contributed by atoms with Crippen molar-refractivity contribution in [2.75, 3.05) is 79.3 Å². The van der Waals surface area contributed by atoms with E-state index in [1.54, 1.807) is 30.5 Å². The molecule has 0 heterocycles. The SMILES string of the molecule is CCCCCCCCC/C=C/OCCOCCOCCOCCOCCOCCOc1ccc(C(=O)c2ccc(F)cc2)cc1. The van der Waals surface area contributed by atoms with Crippen LogP contribution in [0.2, 0.25) is 0 Å². The molecule has 2 rings (SSSR count). The van der Waals surface area contributed by atoms with Crippen LogP contribution in [0.25, 0.3) is 0 Å². The molecule has 0 saturated carbocycles. The van der Waals surface area contributed by atoms with Crippen molar-refractivity contribution in [2.24, 2.45) is 0 Å². The predicted octanol–water partition coefficient (Wildman–Crippen LogP) is 7.19. The molecule has 0 aliphatic heterocycles. The van der Waals surface area contributed by atoms with Crippen molar-refractivity contribution in [2.45, 2.75) is 58.3 Å². The van der Waals surface area contributed by atoms with Gasteiger partial charge in [0.25, 0.3) is 0 Å². The van der Waals surface area contributed by atoms with Crippen LogP contribution in [0.5, 0.6) is 5.75 Å². The van der Waals surface area contributed by atoms with Crippen molar-refractivity contribution in [3.8, 4) is 5.75 Å². The Balaban J connectivity index is 1.27. The fourth-order valence-electron chi connectivity index (χ4n) is 4.20. The molecule has 0 unspecified atom stereocenters. The first-order valence-electron chi connectivity index (χ1n) is 16.4. The number of ether oxygens (including phenoxy) is 7. The molecule has 0 aromatic heterocycles.